The lowest BCUT2D eigenvalue weighted by Gasteiger charge is -2.06. The maximum atomic E-state index is 10.6. The van der Waals surface area contributed by atoms with Crippen LogP contribution < -0.4 is 5.73 Å². The van der Waals surface area contributed by atoms with Gasteiger partial charge in [-0.25, -0.2) is 14.6 Å². The predicted octanol–water partition coefficient (Wildman–Crippen LogP) is -0.253. The molecule has 0 radical (unpaired) electrons. The van der Waals surface area contributed by atoms with Gasteiger partial charge in [-0.05, 0) is 11.6 Å². The van der Waals surface area contributed by atoms with E-state index in [9.17, 15) is 4.79 Å². The third-order valence-corrected chi connectivity index (χ3v) is 2.05. The van der Waals surface area contributed by atoms with Gasteiger partial charge in [0.05, 0.1) is 0 Å². The Kier molecular flexibility index (Phi) is 2.61. The molecule has 82 valence electrons. The van der Waals surface area contributed by atoms with E-state index in [2.05, 4.69) is 15.1 Å². The Balaban J connectivity index is 2.26. The molecule has 0 fully saturated rings. The van der Waals surface area contributed by atoms with Gasteiger partial charge in [-0.2, -0.15) is 5.10 Å². The maximum Gasteiger partial charge on any atom is 0.325 e. The van der Waals surface area contributed by atoms with Crippen LogP contribution in [-0.2, 0) is 4.79 Å². The predicted molar refractivity (Wildman–Crippen MR) is 53.7 cm³/mol. The topological polar surface area (TPSA) is 107 Å². The van der Waals surface area contributed by atoms with Gasteiger partial charge in [-0.1, -0.05) is 6.07 Å². The van der Waals surface area contributed by atoms with Crippen molar-refractivity contribution in [2.45, 2.75) is 6.04 Å². The Hall–Kier alpha value is -2.28. The number of hydrogen-bond donors (Lipinski definition) is 2. The number of aliphatic carboxylic acids is 1. The van der Waals surface area contributed by atoms with Crippen molar-refractivity contribution in [2.24, 2.45) is 5.73 Å². The van der Waals surface area contributed by atoms with Crippen molar-refractivity contribution in [3.8, 4) is 5.82 Å². The van der Waals surface area contributed by atoms with Gasteiger partial charge in [0.1, 0.15) is 18.7 Å². The molecule has 0 aliphatic rings. The van der Waals surface area contributed by atoms with Crippen molar-refractivity contribution in [1.29, 1.82) is 0 Å². The quantitative estimate of drug-likeness (QED) is 0.736. The van der Waals surface area contributed by atoms with Crippen LogP contribution in [0.4, 0.5) is 0 Å². The summed E-state index contributed by atoms with van der Waals surface area (Å²) in [5.41, 5.74) is 5.87. The lowest BCUT2D eigenvalue weighted by molar-refractivity contribution is -0.138. The Morgan fingerprint density at radius 2 is 2.31 bits per heavy atom. The molecule has 0 aliphatic carbocycles. The number of carboxylic acid groups (broad SMARTS) is 1. The van der Waals surface area contributed by atoms with Crippen LogP contribution in [0.5, 0.6) is 0 Å². The second kappa shape index (κ2) is 4.07. The normalized spacial score (nSPS) is 12.3. The largest absolute Gasteiger partial charge is 0.480 e. The van der Waals surface area contributed by atoms with Crippen LogP contribution in [0.25, 0.3) is 5.82 Å². The highest BCUT2D eigenvalue weighted by molar-refractivity contribution is 5.75. The first-order valence-corrected chi connectivity index (χ1v) is 4.48. The molecule has 16 heavy (non-hydrogen) atoms. The summed E-state index contributed by atoms with van der Waals surface area (Å²) in [5, 5.41) is 12.6. The molecule has 0 aromatic carbocycles. The Morgan fingerprint density at radius 3 is 2.81 bits per heavy atom. The number of nitrogens with zero attached hydrogens (tertiary/aromatic N) is 4. The molecule has 2 aromatic rings. The molecule has 2 heterocycles. The van der Waals surface area contributed by atoms with Crippen molar-refractivity contribution < 1.29 is 9.90 Å². The molecule has 2 aromatic heterocycles. The molecule has 1 unspecified atom stereocenters. The van der Waals surface area contributed by atoms with Gasteiger partial charge in [0.15, 0.2) is 5.82 Å². The summed E-state index contributed by atoms with van der Waals surface area (Å²) in [5.74, 6) is -0.533. The first-order chi connectivity index (χ1) is 7.68. The highest BCUT2D eigenvalue weighted by Gasteiger charge is 2.14. The monoisotopic (exact) mass is 219 g/mol. The van der Waals surface area contributed by atoms with Gasteiger partial charge >= 0.3 is 5.97 Å². The SMILES string of the molecule is NC(C(=O)O)c1ccc(-n2cncn2)nc1. The van der Waals surface area contributed by atoms with E-state index in [-0.39, 0.29) is 0 Å². The minimum absolute atomic E-state index is 0.441. The Morgan fingerprint density at radius 1 is 1.50 bits per heavy atom. The van der Waals surface area contributed by atoms with Crippen LogP contribution in [0.2, 0.25) is 0 Å². The van der Waals surface area contributed by atoms with Crippen molar-refractivity contribution >= 4 is 5.97 Å². The molecule has 3 N–H and O–H groups in total. The van der Waals surface area contributed by atoms with Crippen molar-refractivity contribution in [3.05, 3.63) is 36.5 Å². The minimum atomic E-state index is -1.09. The molecular weight excluding hydrogens is 210 g/mol. The summed E-state index contributed by atoms with van der Waals surface area (Å²) in [6, 6.07) is 2.17. The smallest absolute Gasteiger partial charge is 0.325 e. The second-order valence-corrected chi connectivity index (χ2v) is 3.11. The van der Waals surface area contributed by atoms with Crippen molar-refractivity contribution in [3.63, 3.8) is 0 Å². The Labute approximate surface area is 90.6 Å². The first kappa shape index (κ1) is 10.2. The molecule has 0 amide bonds. The zero-order valence-electron chi connectivity index (χ0n) is 8.19. The lowest BCUT2D eigenvalue weighted by Crippen LogP contribution is -2.20. The third kappa shape index (κ3) is 1.89. The van der Waals surface area contributed by atoms with E-state index < -0.39 is 12.0 Å². The number of nitrogens with two attached hydrogens (primary N) is 1. The van der Waals surface area contributed by atoms with E-state index in [0.29, 0.717) is 11.4 Å². The second-order valence-electron chi connectivity index (χ2n) is 3.11. The summed E-state index contributed by atoms with van der Waals surface area (Å²) < 4.78 is 1.47. The average molecular weight is 219 g/mol. The average Bonchev–Trinajstić information content (AvgIpc) is 2.81. The molecule has 1 atom stereocenters. The van der Waals surface area contributed by atoms with Gasteiger partial charge in [0.2, 0.25) is 0 Å². The molecule has 0 bridgehead atoms. The molecule has 7 nitrogen and oxygen atoms in total. The maximum absolute atomic E-state index is 10.6. The fraction of sp³-hybridized carbons (Fsp3) is 0.111. The fourth-order valence-electron chi connectivity index (χ4n) is 1.19. The van der Waals surface area contributed by atoms with Crippen LogP contribution >= 0.6 is 0 Å². The lowest BCUT2D eigenvalue weighted by atomic mass is 10.1. The van der Waals surface area contributed by atoms with Crippen LogP contribution in [0.3, 0.4) is 0 Å². The summed E-state index contributed by atoms with van der Waals surface area (Å²) in [4.78, 5) is 18.5. The minimum Gasteiger partial charge on any atom is -0.480 e. The van der Waals surface area contributed by atoms with Gasteiger partial charge in [-0.15, -0.1) is 0 Å². The van der Waals surface area contributed by atoms with Gasteiger partial charge < -0.3 is 10.8 Å². The molecule has 0 saturated carbocycles. The van der Waals surface area contributed by atoms with Crippen LogP contribution in [0, 0.1) is 0 Å². The number of rotatable bonds is 3. The zero-order valence-corrected chi connectivity index (χ0v) is 8.19. The van der Waals surface area contributed by atoms with Crippen LogP contribution in [-0.4, -0.2) is 30.8 Å². The number of carbonyl (C=O) groups is 1. The first-order valence-electron chi connectivity index (χ1n) is 4.48. The molecule has 0 saturated heterocycles. The van der Waals surface area contributed by atoms with Crippen LogP contribution in [0.1, 0.15) is 11.6 Å². The molecular formula is C9H9N5O2. The van der Waals surface area contributed by atoms with Crippen LogP contribution in [0.15, 0.2) is 31.0 Å². The van der Waals surface area contributed by atoms with E-state index >= 15 is 0 Å². The van der Waals surface area contributed by atoms with Crippen molar-refractivity contribution in [2.75, 3.05) is 0 Å². The van der Waals surface area contributed by atoms with Gasteiger partial charge in [0.25, 0.3) is 0 Å². The molecule has 0 spiro atoms. The molecule has 0 aliphatic heterocycles. The fourth-order valence-corrected chi connectivity index (χ4v) is 1.19. The molecule has 7 heteroatoms. The summed E-state index contributed by atoms with van der Waals surface area (Å²) in [7, 11) is 0. The van der Waals surface area contributed by atoms with E-state index in [1.54, 1.807) is 12.1 Å². The number of hydrogen-bond acceptors (Lipinski definition) is 5. The van der Waals surface area contributed by atoms with Crippen molar-refractivity contribution in [1.82, 2.24) is 19.7 Å². The highest BCUT2D eigenvalue weighted by Crippen LogP contribution is 2.10. The van der Waals surface area contributed by atoms with E-state index in [0.717, 1.165) is 0 Å². The summed E-state index contributed by atoms with van der Waals surface area (Å²) in [6.07, 6.45) is 4.30. The summed E-state index contributed by atoms with van der Waals surface area (Å²) >= 11 is 0. The van der Waals surface area contributed by atoms with Gasteiger partial charge in [0, 0.05) is 6.20 Å². The third-order valence-electron chi connectivity index (χ3n) is 2.05. The number of carboxylic acids is 1. The summed E-state index contributed by atoms with van der Waals surface area (Å²) in [6.45, 7) is 0. The van der Waals surface area contributed by atoms with E-state index in [1.165, 1.54) is 23.5 Å². The Bertz CT molecular complexity index is 479. The standard InChI is InChI=1S/C9H9N5O2/c10-8(9(15)16)6-1-2-7(12-3-6)14-5-11-4-13-14/h1-5,8H,10H2,(H,15,16). The number of pyridine rings is 1. The highest BCUT2D eigenvalue weighted by atomic mass is 16.4. The van der Waals surface area contributed by atoms with E-state index in [1.807, 2.05) is 0 Å². The molecule has 2 rings (SSSR count). The number of aromatic nitrogens is 4. The zero-order chi connectivity index (χ0) is 11.5. The van der Waals surface area contributed by atoms with E-state index in [4.69, 9.17) is 10.8 Å². The van der Waals surface area contributed by atoms with Gasteiger partial charge in [-0.3, -0.25) is 4.79 Å².